The first-order chi connectivity index (χ1) is 10.5. The number of allylic oxidation sites excluding steroid dienone is 5. The van der Waals surface area contributed by atoms with Crippen molar-refractivity contribution in [2.75, 3.05) is 0 Å². The summed E-state index contributed by atoms with van der Waals surface area (Å²) in [4.78, 5) is 0. The maximum atomic E-state index is 13.0. The van der Waals surface area contributed by atoms with Crippen LogP contribution in [0.15, 0.2) is 65.1 Å². The minimum Gasteiger partial charge on any atom is -0.511 e. The minimum atomic E-state index is -5.75. The number of alkyl halides is 6. The van der Waals surface area contributed by atoms with Gasteiger partial charge in [-0.05, 0) is 17.7 Å². The highest BCUT2D eigenvalue weighted by Gasteiger charge is 2.55. The second-order valence-electron chi connectivity index (χ2n) is 4.77. The van der Waals surface area contributed by atoms with Gasteiger partial charge in [-0.25, -0.2) is 0 Å². The van der Waals surface area contributed by atoms with Crippen LogP contribution >= 0.6 is 0 Å². The highest BCUT2D eigenvalue weighted by Crippen LogP contribution is 2.48. The van der Waals surface area contributed by atoms with E-state index in [4.69, 9.17) is 0 Å². The Morgan fingerprint density at radius 2 is 1.35 bits per heavy atom. The van der Waals surface area contributed by atoms with Crippen molar-refractivity contribution in [3.05, 3.63) is 70.7 Å². The van der Waals surface area contributed by atoms with Crippen molar-refractivity contribution in [1.29, 1.82) is 0 Å². The molecule has 124 valence electrons. The van der Waals surface area contributed by atoms with E-state index in [2.05, 4.69) is 0 Å². The van der Waals surface area contributed by atoms with Crippen LogP contribution < -0.4 is 0 Å². The molecule has 8 heteroatoms. The van der Waals surface area contributed by atoms with Crippen molar-refractivity contribution in [2.45, 2.75) is 18.3 Å². The number of aliphatic hydroxyl groups is 2. The molecule has 1 unspecified atom stereocenters. The molecule has 0 radical (unpaired) electrons. The predicted molar refractivity (Wildman–Crippen MR) is 69.7 cm³/mol. The molecule has 0 saturated carbocycles. The van der Waals surface area contributed by atoms with Gasteiger partial charge in [-0.1, -0.05) is 30.3 Å². The third-order valence-corrected chi connectivity index (χ3v) is 3.24. The van der Waals surface area contributed by atoms with Gasteiger partial charge < -0.3 is 10.2 Å². The molecule has 23 heavy (non-hydrogen) atoms. The van der Waals surface area contributed by atoms with E-state index in [0.717, 1.165) is 6.08 Å². The number of benzene rings is 1. The molecule has 1 aromatic carbocycles. The molecule has 2 nitrogen and oxygen atoms in total. The summed E-state index contributed by atoms with van der Waals surface area (Å²) >= 11 is 0. The van der Waals surface area contributed by atoms with Crippen molar-refractivity contribution in [2.24, 2.45) is 0 Å². The van der Waals surface area contributed by atoms with E-state index in [0.29, 0.717) is 6.08 Å². The van der Waals surface area contributed by atoms with Crippen LogP contribution in [0.3, 0.4) is 0 Å². The lowest BCUT2D eigenvalue weighted by atomic mass is 9.82. The Balaban J connectivity index is 2.80. The molecule has 0 heterocycles. The fourth-order valence-electron chi connectivity index (χ4n) is 2.37. The second-order valence-corrected chi connectivity index (χ2v) is 4.77. The van der Waals surface area contributed by atoms with Gasteiger partial charge in [0.05, 0.1) is 5.92 Å². The molecule has 2 rings (SSSR count). The standard InChI is InChI=1S/C15H10F6O2/c16-14(17,18)13(15(19,20)21)12-10(23)7-6-9(22)11(12)8-4-2-1-3-5-8/h1-7,11,22-23H. The van der Waals surface area contributed by atoms with Gasteiger partial charge in [-0.2, -0.15) is 26.3 Å². The topological polar surface area (TPSA) is 40.5 Å². The van der Waals surface area contributed by atoms with Gasteiger partial charge in [0.1, 0.15) is 17.1 Å². The average Bonchev–Trinajstić information content (AvgIpc) is 2.41. The molecule has 0 fully saturated rings. The lowest BCUT2D eigenvalue weighted by Gasteiger charge is -2.28. The quantitative estimate of drug-likeness (QED) is 0.702. The van der Waals surface area contributed by atoms with E-state index >= 15 is 0 Å². The fourth-order valence-corrected chi connectivity index (χ4v) is 2.37. The zero-order chi connectivity index (χ0) is 17.4. The van der Waals surface area contributed by atoms with Crippen LogP contribution in [0.4, 0.5) is 26.3 Å². The molecule has 0 aliphatic heterocycles. The van der Waals surface area contributed by atoms with Crippen molar-refractivity contribution in [3.63, 3.8) is 0 Å². The summed E-state index contributed by atoms with van der Waals surface area (Å²) in [7, 11) is 0. The third kappa shape index (κ3) is 3.35. The molecular weight excluding hydrogens is 326 g/mol. The maximum absolute atomic E-state index is 13.0. The molecule has 1 aromatic rings. The minimum absolute atomic E-state index is 0.0121. The largest absolute Gasteiger partial charge is 0.511 e. The third-order valence-electron chi connectivity index (χ3n) is 3.24. The van der Waals surface area contributed by atoms with Gasteiger partial charge in [-0.3, -0.25) is 0 Å². The summed E-state index contributed by atoms with van der Waals surface area (Å²) < 4.78 is 77.8. The first-order valence-electron chi connectivity index (χ1n) is 6.27. The molecule has 1 aliphatic rings. The Bertz CT molecular complexity index is 664. The molecular formula is C15H10F6O2. The van der Waals surface area contributed by atoms with Crippen molar-refractivity contribution in [3.8, 4) is 0 Å². The normalized spacial score (nSPS) is 19.2. The van der Waals surface area contributed by atoms with Gasteiger partial charge in [0.15, 0.2) is 0 Å². The van der Waals surface area contributed by atoms with E-state index in [9.17, 15) is 36.6 Å². The summed E-state index contributed by atoms with van der Waals surface area (Å²) in [6, 6.07) is 6.84. The first kappa shape index (κ1) is 17.0. The Morgan fingerprint density at radius 3 is 1.83 bits per heavy atom. The first-order valence-corrected chi connectivity index (χ1v) is 6.27. The highest BCUT2D eigenvalue weighted by atomic mass is 19.4. The summed E-state index contributed by atoms with van der Waals surface area (Å²) in [5, 5.41) is 19.5. The highest BCUT2D eigenvalue weighted by molar-refractivity contribution is 5.52. The summed E-state index contributed by atoms with van der Waals surface area (Å²) in [5.74, 6) is -3.68. The van der Waals surface area contributed by atoms with Crippen LogP contribution in [-0.4, -0.2) is 22.6 Å². The molecule has 2 N–H and O–H groups in total. The Kier molecular flexibility index (Phi) is 4.19. The Morgan fingerprint density at radius 1 is 0.826 bits per heavy atom. The lowest BCUT2D eigenvalue weighted by molar-refractivity contribution is -0.173. The van der Waals surface area contributed by atoms with Crippen molar-refractivity contribution < 1.29 is 36.6 Å². The molecule has 1 atom stereocenters. The number of halogens is 6. The lowest BCUT2D eigenvalue weighted by Crippen LogP contribution is -2.31. The van der Waals surface area contributed by atoms with E-state index in [1.54, 1.807) is 0 Å². The number of hydrogen-bond acceptors (Lipinski definition) is 2. The zero-order valence-corrected chi connectivity index (χ0v) is 11.3. The Labute approximate surface area is 126 Å². The van der Waals surface area contributed by atoms with E-state index in [-0.39, 0.29) is 5.56 Å². The van der Waals surface area contributed by atoms with Crippen molar-refractivity contribution >= 4 is 0 Å². The van der Waals surface area contributed by atoms with Crippen LogP contribution in [0.25, 0.3) is 0 Å². The summed E-state index contributed by atoms with van der Waals surface area (Å²) in [5.41, 5.74) is -4.27. The number of hydrogen-bond donors (Lipinski definition) is 2. The predicted octanol–water partition coefficient (Wildman–Crippen LogP) is 5.09. The van der Waals surface area contributed by atoms with Gasteiger partial charge in [-0.15, -0.1) is 0 Å². The molecule has 1 aliphatic carbocycles. The summed E-state index contributed by atoms with van der Waals surface area (Å²) in [6.07, 6.45) is -10.0. The van der Waals surface area contributed by atoms with Crippen LogP contribution in [0.1, 0.15) is 11.5 Å². The van der Waals surface area contributed by atoms with Crippen LogP contribution in [0.5, 0.6) is 0 Å². The van der Waals surface area contributed by atoms with Crippen LogP contribution in [0, 0.1) is 0 Å². The molecule has 0 aromatic heterocycles. The zero-order valence-electron chi connectivity index (χ0n) is 11.3. The van der Waals surface area contributed by atoms with Gasteiger partial charge in [0.25, 0.3) is 0 Å². The SMILES string of the molecule is OC1=CC=C(O)C(c2ccccc2)C1=C(C(F)(F)F)C(F)(F)F. The molecule has 0 saturated heterocycles. The van der Waals surface area contributed by atoms with Crippen LogP contribution in [0.2, 0.25) is 0 Å². The molecule has 0 bridgehead atoms. The molecule has 0 amide bonds. The van der Waals surface area contributed by atoms with Crippen LogP contribution in [-0.2, 0) is 0 Å². The number of aliphatic hydroxyl groups excluding tert-OH is 2. The smallest absolute Gasteiger partial charge is 0.421 e. The van der Waals surface area contributed by atoms with E-state index in [1.165, 1.54) is 30.3 Å². The van der Waals surface area contributed by atoms with Gasteiger partial charge >= 0.3 is 12.4 Å². The monoisotopic (exact) mass is 336 g/mol. The second kappa shape index (κ2) is 5.68. The van der Waals surface area contributed by atoms with Gasteiger partial charge in [0, 0.05) is 5.57 Å². The van der Waals surface area contributed by atoms with E-state index < -0.39 is 40.9 Å². The summed E-state index contributed by atoms with van der Waals surface area (Å²) in [6.45, 7) is 0. The van der Waals surface area contributed by atoms with Crippen molar-refractivity contribution in [1.82, 2.24) is 0 Å². The number of rotatable bonds is 1. The van der Waals surface area contributed by atoms with Gasteiger partial charge in [0.2, 0.25) is 0 Å². The molecule has 0 spiro atoms. The fraction of sp³-hybridized carbons (Fsp3) is 0.200. The maximum Gasteiger partial charge on any atom is 0.421 e. The van der Waals surface area contributed by atoms with E-state index in [1.807, 2.05) is 0 Å². The Hall–Kier alpha value is -2.38. The average molecular weight is 336 g/mol.